The van der Waals surface area contributed by atoms with Crippen molar-refractivity contribution in [2.45, 2.75) is 36.7 Å². The van der Waals surface area contributed by atoms with Crippen molar-refractivity contribution in [2.24, 2.45) is 0 Å². The van der Waals surface area contributed by atoms with Gasteiger partial charge in [-0.25, -0.2) is 13.1 Å². The van der Waals surface area contributed by atoms with Crippen molar-refractivity contribution < 1.29 is 8.42 Å². The second-order valence-electron chi connectivity index (χ2n) is 5.67. The maximum absolute atomic E-state index is 11.3. The Labute approximate surface area is 132 Å². The summed E-state index contributed by atoms with van der Waals surface area (Å²) >= 11 is 1.88. The number of sulfonamides is 1. The third-order valence-electron chi connectivity index (χ3n) is 3.77. The number of benzene rings is 1. The normalized spacial score (nSPS) is 21.5. The van der Waals surface area contributed by atoms with Crippen molar-refractivity contribution in [1.29, 1.82) is 0 Å². The Morgan fingerprint density at radius 2 is 2.10 bits per heavy atom. The van der Waals surface area contributed by atoms with Crippen LogP contribution in [-0.2, 0) is 10.0 Å². The molecule has 1 aromatic rings. The van der Waals surface area contributed by atoms with Gasteiger partial charge in [-0.05, 0) is 37.7 Å². The second-order valence-corrected chi connectivity index (χ2v) is 8.62. The van der Waals surface area contributed by atoms with Crippen molar-refractivity contribution in [2.75, 3.05) is 25.1 Å². The largest absolute Gasteiger partial charge is 0.299 e. The van der Waals surface area contributed by atoms with E-state index in [0.29, 0.717) is 6.04 Å². The molecule has 1 N–H and O–H groups in total. The van der Waals surface area contributed by atoms with Gasteiger partial charge in [0.1, 0.15) is 0 Å². The third kappa shape index (κ3) is 5.98. The van der Waals surface area contributed by atoms with E-state index >= 15 is 0 Å². The van der Waals surface area contributed by atoms with Gasteiger partial charge in [0.25, 0.3) is 0 Å². The fourth-order valence-corrected chi connectivity index (χ4v) is 4.48. The zero-order valence-electron chi connectivity index (χ0n) is 12.7. The number of nitrogens with one attached hydrogen (secondary N) is 1. The zero-order chi connectivity index (χ0) is 15.3. The van der Waals surface area contributed by atoms with Crippen LogP contribution in [-0.4, -0.2) is 50.5 Å². The van der Waals surface area contributed by atoms with E-state index in [1.165, 1.54) is 11.2 Å². The Balaban J connectivity index is 1.71. The standard InChI is InChI=1S/C15H24N2O2S2/c1-13(9-11-20-15-6-4-3-5-7-15)17-10-8-14(12-17)16-21(2,18)19/h3-7,13-14,16H,8-12H2,1-2H3. The highest BCUT2D eigenvalue weighted by Crippen LogP contribution is 2.21. The lowest BCUT2D eigenvalue weighted by molar-refractivity contribution is 0.250. The van der Waals surface area contributed by atoms with E-state index < -0.39 is 10.0 Å². The molecule has 0 radical (unpaired) electrons. The number of likely N-dealkylation sites (tertiary alicyclic amines) is 1. The van der Waals surface area contributed by atoms with Crippen LogP contribution in [0.25, 0.3) is 0 Å². The SMILES string of the molecule is CC(CCSc1ccccc1)N1CCC(NS(C)(=O)=O)C1. The van der Waals surface area contributed by atoms with Crippen LogP contribution in [0.5, 0.6) is 0 Å². The summed E-state index contributed by atoms with van der Waals surface area (Å²) in [5.74, 6) is 1.09. The van der Waals surface area contributed by atoms with Gasteiger partial charge in [0.2, 0.25) is 10.0 Å². The van der Waals surface area contributed by atoms with Crippen molar-refractivity contribution in [3.8, 4) is 0 Å². The van der Waals surface area contributed by atoms with Gasteiger partial charge in [0.15, 0.2) is 0 Å². The molecular weight excluding hydrogens is 304 g/mol. The number of hydrogen-bond donors (Lipinski definition) is 1. The minimum atomic E-state index is -3.09. The number of thioether (sulfide) groups is 1. The predicted molar refractivity (Wildman–Crippen MR) is 89.2 cm³/mol. The first kappa shape index (κ1) is 16.8. The fraction of sp³-hybridized carbons (Fsp3) is 0.600. The van der Waals surface area contributed by atoms with E-state index in [4.69, 9.17) is 0 Å². The van der Waals surface area contributed by atoms with Crippen molar-refractivity contribution in [3.63, 3.8) is 0 Å². The zero-order valence-corrected chi connectivity index (χ0v) is 14.3. The molecule has 1 fully saturated rings. The Morgan fingerprint density at radius 3 is 2.76 bits per heavy atom. The Bertz CT molecular complexity index is 534. The van der Waals surface area contributed by atoms with Gasteiger partial charge in [0.05, 0.1) is 6.26 Å². The van der Waals surface area contributed by atoms with Gasteiger partial charge in [0, 0.05) is 30.1 Å². The van der Waals surface area contributed by atoms with Gasteiger partial charge >= 0.3 is 0 Å². The molecule has 4 nitrogen and oxygen atoms in total. The van der Waals surface area contributed by atoms with Crippen molar-refractivity contribution in [3.05, 3.63) is 30.3 Å². The summed E-state index contributed by atoms with van der Waals surface area (Å²) in [5.41, 5.74) is 0. The second kappa shape index (κ2) is 7.63. The quantitative estimate of drug-likeness (QED) is 0.780. The monoisotopic (exact) mass is 328 g/mol. The lowest BCUT2D eigenvalue weighted by Crippen LogP contribution is -2.38. The summed E-state index contributed by atoms with van der Waals surface area (Å²) in [5, 5.41) is 0. The van der Waals surface area contributed by atoms with Gasteiger partial charge in [-0.1, -0.05) is 18.2 Å². The average molecular weight is 329 g/mol. The highest BCUT2D eigenvalue weighted by molar-refractivity contribution is 7.99. The molecular formula is C15H24N2O2S2. The molecule has 0 bridgehead atoms. The van der Waals surface area contributed by atoms with Gasteiger partial charge < -0.3 is 0 Å². The smallest absolute Gasteiger partial charge is 0.208 e. The van der Waals surface area contributed by atoms with E-state index in [2.05, 4.69) is 40.8 Å². The van der Waals surface area contributed by atoms with Crippen molar-refractivity contribution in [1.82, 2.24) is 9.62 Å². The molecule has 1 heterocycles. The summed E-state index contributed by atoms with van der Waals surface area (Å²) in [6.07, 6.45) is 3.25. The topological polar surface area (TPSA) is 49.4 Å². The molecule has 0 aromatic heterocycles. The lowest BCUT2D eigenvalue weighted by atomic mass is 10.2. The average Bonchev–Trinajstić information content (AvgIpc) is 2.86. The maximum atomic E-state index is 11.3. The summed E-state index contributed by atoms with van der Waals surface area (Å²) < 4.78 is 25.2. The van der Waals surface area contributed by atoms with Crippen LogP contribution < -0.4 is 4.72 Å². The van der Waals surface area contributed by atoms with E-state index in [0.717, 1.165) is 31.7 Å². The highest BCUT2D eigenvalue weighted by atomic mass is 32.2. The summed E-state index contributed by atoms with van der Waals surface area (Å²) in [4.78, 5) is 3.69. The van der Waals surface area contributed by atoms with Gasteiger partial charge in [-0.2, -0.15) is 0 Å². The molecule has 118 valence electrons. The molecule has 2 atom stereocenters. The number of rotatable bonds is 7. The van der Waals surface area contributed by atoms with Crippen LogP contribution in [0, 0.1) is 0 Å². The van der Waals surface area contributed by atoms with Crippen LogP contribution in [0.1, 0.15) is 19.8 Å². The fourth-order valence-electron chi connectivity index (χ4n) is 2.63. The maximum Gasteiger partial charge on any atom is 0.208 e. The molecule has 1 aromatic carbocycles. The van der Waals surface area contributed by atoms with E-state index in [1.54, 1.807) is 0 Å². The van der Waals surface area contributed by atoms with E-state index in [-0.39, 0.29) is 6.04 Å². The van der Waals surface area contributed by atoms with Crippen LogP contribution in [0.4, 0.5) is 0 Å². The molecule has 1 aliphatic rings. The van der Waals surface area contributed by atoms with Crippen molar-refractivity contribution >= 4 is 21.8 Å². The first-order chi connectivity index (χ1) is 9.94. The molecule has 1 saturated heterocycles. The molecule has 0 spiro atoms. The summed E-state index contributed by atoms with van der Waals surface area (Å²) in [6, 6.07) is 11.0. The molecule has 0 saturated carbocycles. The molecule has 1 aliphatic heterocycles. The molecule has 0 aliphatic carbocycles. The molecule has 21 heavy (non-hydrogen) atoms. The lowest BCUT2D eigenvalue weighted by Gasteiger charge is -2.24. The minimum absolute atomic E-state index is 0.0734. The molecule has 0 amide bonds. The predicted octanol–water partition coefficient (Wildman–Crippen LogP) is 2.18. The Morgan fingerprint density at radius 1 is 1.38 bits per heavy atom. The minimum Gasteiger partial charge on any atom is -0.299 e. The molecule has 2 rings (SSSR count). The molecule has 2 unspecified atom stereocenters. The summed E-state index contributed by atoms with van der Waals surface area (Å²) in [6.45, 7) is 4.03. The van der Waals surface area contributed by atoms with Gasteiger partial charge in [-0.3, -0.25) is 4.90 Å². The summed E-state index contributed by atoms with van der Waals surface area (Å²) in [7, 11) is -3.09. The first-order valence-electron chi connectivity index (χ1n) is 7.33. The van der Waals surface area contributed by atoms with Crippen LogP contribution in [0.2, 0.25) is 0 Å². The first-order valence-corrected chi connectivity index (χ1v) is 10.2. The number of nitrogens with zero attached hydrogens (tertiary/aromatic N) is 1. The third-order valence-corrected chi connectivity index (χ3v) is 5.58. The van der Waals surface area contributed by atoms with E-state index in [1.807, 2.05) is 17.8 Å². The van der Waals surface area contributed by atoms with Gasteiger partial charge in [-0.15, -0.1) is 11.8 Å². The van der Waals surface area contributed by atoms with Crippen LogP contribution in [0.3, 0.4) is 0 Å². The molecule has 6 heteroatoms. The van der Waals surface area contributed by atoms with Crippen LogP contribution >= 0.6 is 11.8 Å². The Hall–Kier alpha value is -0.560. The van der Waals surface area contributed by atoms with Crippen LogP contribution in [0.15, 0.2) is 35.2 Å². The number of hydrogen-bond acceptors (Lipinski definition) is 4. The highest BCUT2D eigenvalue weighted by Gasteiger charge is 2.27. The van der Waals surface area contributed by atoms with E-state index in [9.17, 15) is 8.42 Å². The Kier molecular flexibility index (Phi) is 6.10.